The van der Waals surface area contributed by atoms with Crippen molar-refractivity contribution in [2.75, 3.05) is 26.7 Å². The number of rotatable bonds is 5. The molecule has 0 spiro atoms. The van der Waals surface area contributed by atoms with Gasteiger partial charge in [0.15, 0.2) is 0 Å². The monoisotopic (exact) mass is 338 g/mol. The summed E-state index contributed by atoms with van der Waals surface area (Å²) in [5.41, 5.74) is 1.22. The fourth-order valence-electron chi connectivity index (χ4n) is 2.78. The van der Waals surface area contributed by atoms with Crippen LogP contribution in [0.5, 0.6) is 0 Å². The predicted molar refractivity (Wildman–Crippen MR) is 85.7 cm³/mol. The minimum absolute atomic E-state index is 0.299. The molecule has 4 heteroatoms. The van der Waals surface area contributed by atoms with Crippen LogP contribution >= 0.6 is 15.9 Å². The smallest absolute Gasteiger partial charge is 0.222 e. The summed E-state index contributed by atoms with van der Waals surface area (Å²) < 4.78 is 1.08. The molecule has 20 heavy (non-hydrogen) atoms. The van der Waals surface area contributed by atoms with E-state index in [0.717, 1.165) is 49.3 Å². The zero-order valence-electron chi connectivity index (χ0n) is 12.1. The van der Waals surface area contributed by atoms with Crippen molar-refractivity contribution in [3.8, 4) is 0 Å². The lowest BCUT2D eigenvalue weighted by molar-refractivity contribution is -0.132. The van der Waals surface area contributed by atoms with Crippen LogP contribution in [0.2, 0.25) is 0 Å². The van der Waals surface area contributed by atoms with E-state index in [1.165, 1.54) is 5.56 Å². The van der Waals surface area contributed by atoms with E-state index in [0.29, 0.717) is 12.3 Å². The maximum absolute atomic E-state index is 12.2. The summed E-state index contributed by atoms with van der Waals surface area (Å²) in [7, 11) is 2.00. The first-order valence-electron chi connectivity index (χ1n) is 7.36. The van der Waals surface area contributed by atoms with Crippen LogP contribution < -0.4 is 5.32 Å². The number of carbonyl (C=O) groups excluding carboxylic acids is 1. The Kier molecular flexibility index (Phi) is 6.05. The van der Waals surface area contributed by atoms with Crippen molar-refractivity contribution < 1.29 is 4.79 Å². The summed E-state index contributed by atoms with van der Waals surface area (Å²) >= 11 is 3.47. The van der Waals surface area contributed by atoms with Gasteiger partial charge in [0.1, 0.15) is 0 Å². The number of amides is 1. The molecule has 1 aliphatic rings. The molecule has 1 amide bonds. The molecule has 0 saturated carbocycles. The van der Waals surface area contributed by atoms with E-state index >= 15 is 0 Å². The minimum atomic E-state index is 0.299. The van der Waals surface area contributed by atoms with E-state index in [1.54, 1.807) is 0 Å². The van der Waals surface area contributed by atoms with Crippen molar-refractivity contribution in [2.24, 2.45) is 5.92 Å². The van der Waals surface area contributed by atoms with E-state index in [9.17, 15) is 4.79 Å². The largest absolute Gasteiger partial charge is 0.343 e. The van der Waals surface area contributed by atoms with Crippen molar-refractivity contribution in [3.63, 3.8) is 0 Å². The molecule has 1 N–H and O–H groups in total. The van der Waals surface area contributed by atoms with Gasteiger partial charge >= 0.3 is 0 Å². The highest BCUT2D eigenvalue weighted by Crippen LogP contribution is 2.18. The summed E-state index contributed by atoms with van der Waals surface area (Å²) in [6.07, 6.45) is 3.70. The average molecular weight is 339 g/mol. The maximum Gasteiger partial charge on any atom is 0.222 e. The third-order valence-corrected chi connectivity index (χ3v) is 4.47. The molecule has 3 nitrogen and oxygen atoms in total. The normalized spacial score (nSPS) is 16.4. The number of hydrogen-bond acceptors (Lipinski definition) is 2. The molecule has 1 fully saturated rings. The van der Waals surface area contributed by atoms with Crippen LogP contribution in [0, 0.1) is 5.92 Å². The van der Waals surface area contributed by atoms with Gasteiger partial charge in [-0.15, -0.1) is 0 Å². The lowest BCUT2D eigenvalue weighted by Crippen LogP contribution is -2.40. The second kappa shape index (κ2) is 7.79. The number of likely N-dealkylation sites (tertiary alicyclic amines) is 1. The van der Waals surface area contributed by atoms with Crippen LogP contribution in [-0.4, -0.2) is 37.5 Å². The first kappa shape index (κ1) is 15.5. The van der Waals surface area contributed by atoms with Gasteiger partial charge in [0.25, 0.3) is 0 Å². The van der Waals surface area contributed by atoms with Gasteiger partial charge in [-0.3, -0.25) is 4.79 Å². The Labute approximate surface area is 129 Å². The van der Waals surface area contributed by atoms with Crippen molar-refractivity contribution in [1.29, 1.82) is 0 Å². The third-order valence-electron chi connectivity index (χ3n) is 3.98. The topological polar surface area (TPSA) is 32.3 Å². The number of nitrogens with one attached hydrogen (secondary N) is 1. The van der Waals surface area contributed by atoms with Gasteiger partial charge in [0.2, 0.25) is 5.91 Å². The molecule has 0 aromatic heterocycles. The predicted octanol–water partition coefficient (Wildman–Crippen LogP) is 2.84. The summed E-state index contributed by atoms with van der Waals surface area (Å²) in [6.45, 7) is 2.91. The number of aryl methyl sites for hydroxylation is 1. The lowest BCUT2D eigenvalue weighted by atomic mass is 9.96. The van der Waals surface area contributed by atoms with Crippen molar-refractivity contribution in [3.05, 3.63) is 34.3 Å². The van der Waals surface area contributed by atoms with Gasteiger partial charge in [-0.2, -0.15) is 0 Å². The number of piperidine rings is 1. The Morgan fingerprint density at radius 1 is 1.40 bits per heavy atom. The summed E-state index contributed by atoms with van der Waals surface area (Å²) in [6, 6.07) is 8.20. The van der Waals surface area contributed by atoms with Gasteiger partial charge in [0.05, 0.1) is 0 Å². The molecule has 0 bridgehead atoms. The van der Waals surface area contributed by atoms with Crippen LogP contribution in [0.25, 0.3) is 0 Å². The SMILES string of the molecule is CNCC1CCN(C(=O)CCc2cccc(Br)c2)CC1. The molecule has 1 heterocycles. The molecule has 1 aliphatic heterocycles. The molecule has 0 atom stereocenters. The zero-order valence-corrected chi connectivity index (χ0v) is 13.7. The van der Waals surface area contributed by atoms with E-state index in [2.05, 4.69) is 33.4 Å². The first-order valence-corrected chi connectivity index (χ1v) is 8.15. The molecule has 1 saturated heterocycles. The van der Waals surface area contributed by atoms with Gasteiger partial charge in [-0.25, -0.2) is 0 Å². The van der Waals surface area contributed by atoms with Crippen LogP contribution in [-0.2, 0) is 11.2 Å². The van der Waals surface area contributed by atoms with Crippen LogP contribution in [0.1, 0.15) is 24.8 Å². The number of hydrogen-bond donors (Lipinski definition) is 1. The standard InChI is InChI=1S/C16H23BrN2O/c1-18-12-14-7-9-19(10-8-14)16(20)6-5-13-3-2-4-15(17)11-13/h2-4,11,14,18H,5-10,12H2,1H3. The summed E-state index contributed by atoms with van der Waals surface area (Å²) in [5.74, 6) is 1.03. The third kappa shape index (κ3) is 4.60. The Balaban J connectivity index is 1.76. The van der Waals surface area contributed by atoms with Crippen LogP contribution in [0.15, 0.2) is 28.7 Å². The molecule has 0 unspecified atom stereocenters. The van der Waals surface area contributed by atoms with Gasteiger partial charge in [0, 0.05) is 24.0 Å². The quantitative estimate of drug-likeness (QED) is 0.895. The van der Waals surface area contributed by atoms with Gasteiger partial charge < -0.3 is 10.2 Å². The van der Waals surface area contributed by atoms with Crippen LogP contribution in [0.3, 0.4) is 0 Å². The number of benzene rings is 1. The Morgan fingerprint density at radius 2 is 2.15 bits per heavy atom. The van der Waals surface area contributed by atoms with E-state index in [4.69, 9.17) is 0 Å². The van der Waals surface area contributed by atoms with E-state index < -0.39 is 0 Å². The highest BCUT2D eigenvalue weighted by molar-refractivity contribution is 9.10. The lowest BCUT2D eigenvalue weighted by Gasteiger charge is -2.32. The molecule has 0 radical (unpaired) electrons. The summed E-state index contributed by atoms with van der Waals surface area (Å²) in [5, 5.41) is 3.23. The fourth-order valence-corrected chi connectivity index (χ4v) is 3.22. The molecular formula is C16H23BrN2O. The maximum atomic E-state index is 12.2. The number of nitrogens with zero attached hydrogens (tertiary/aromatic N) is 1. The van der Waals surface area contributed by atoms with E-state index in [-0.39, 0.29) is 0 Å². The van der Waals surface area contributed by atoms with Crippen molar-refractivity contribution in [2.45, 2.75) is 25.7 Å². The highest BCUT2D eigenvalue weighted by atomic mass is 79.9. The van der Waals surface area contributed by atoms with E-state index in [1.807, 2.05) is 24.1 Å². The molecule has 0 aliphatic carbocycles. The van der Waals surface area contributed by atoms with Gasteiger partial charge in [-0.1, -0.05) is 28.1 Å². The minimum Gasteiger partial charge on any atom is -0.343 e. The zero-order chi connectivity index (χ0) is 14.4. The second-order valence-electron chi connectivity index (χ2n) is 5.51. The van der Waals surface area contributed by atoms with Gasteiger partial charge in [-0.05, 0) is 56.5 Å². The fraction of sp³-hybridized carbons (Fsp3) is 0.562. The number of carbonyl (C=O) groups is 1. The molecule has 1 aromatic carbocycles. The second-order valence-corrected chi connectivity index (χ2v) is 6.43. The van der Waals surface area contributed by atoms with Crippen molar-refractivity contribution >= 4 is 21.8 Å². The molecule has 1 aromatic rings. The Morgan fingerprint density at radius 3 is 2.80 bits per heavy atom. The summed E-state index contributed by atoms with van der Waals surface area (Å²) in [4.78, 5) is 14.3. The number of halogens is 1. The van der Waals surface area contributed by atoms with Crippen molar-refractivity contribution in [1.82, 2.24) is 10.2 Å². The first-order chi connectivity index (χ1) is 9.69. The highest BCUT2D eigenvalue weighted by Gasteiger charge is 2.21. The average Bonchev–Trinajstić information content (AvgIpc) is 2.46. The molecular weight excluding hydrogens is 316 g/mol. The molecule has 2 rings (SSSR count). The Bertz CT molecular complexity index is 442. The van der Waals surface area contributed by atoms with Crippen LogP contribution in [0.4, 0.5) is 0 Å². The molecule has 110 valence electrons. The Hall–Kier alpha value is -0.870.